The quantitative estimate of drug-likeness (QED) is 0.133. The highest BCUT2D eigenvalue weighted by Gasteiger charge is 2.25. The molecule has 5 aliphatic rings. The Balaban J connectivity index is 0.000000347. The van der Waals surface area contributed by atoms with Gasteiger partial charge in [-0.15, -0.1) is 6.42 Å². The van der Waals surface area contributed by atoms with Gasteiger partial charge in [0.25, 0.3) is 0 Å². The molecule has 5 fully saturated rings. The molecule has 0 aliphatic heterocycles. The van der Waals surface area contributed by atoms with Crippen molar-refractivity contribution in [2.45, 2.75) is 259 Å². The summed E-state index contributed by atoms with van der Waals surface area (Å²) in [4.78, 5) is 0. The van der Waals surface area contributed by atoms with Crippen molar-refractivity contribution in [1.82, 2.24) is 0 Å². The number of hydrogen-bond acceptors (Lipinski definition) is 0. The maximum absolute atomic E-state index is 5.15. The van der Waals surface area contributed by atoms with E-state index in [0.717, 1.165) is 65.2 Å². The van der Waals surface area contributed by atoms with E-state index in [2.05, 4.69) is 184 Å². The molecule has 5 aliphatic carbocycles. The van der Waals surface area contributed by atoms with E-state index in [1.165, 1.54) is 203 Å². The van der Waals surface area contributed by atoms with Crippen molar-refractivity contribution in [2.24, 2.45) is 53.3 Å². The van der Waals surface area contributed by atoms with Crippen LogP contribution >= 0.6 is 0 Å². The Labute approximate surface area is 534 Å². The maximum Gasteiger partial charge on any atom is 0.0242 e. The molecular formula is C86H130. The molecule has 0 nitrogen and oxygen atoms in total. The zero-order chi connectivity index (χ0) is 59.6. The van der Waals surface area contributed by atoms with Gasteiger partial charge in [-0.1, -0.05) is 345 Å². The van der Waals surface area contributed by atoms with Crippen LogP contribution in [0, 0.1) is 107 Å². The van der Waals surface area contributed by atoms with Crippen LogP contribution in [-0.4, -0.2) is 0 Å². The van der Waals surface area contributed by atoms with E-state index in [9.17, 15) is 0 Å². The highest BCUT2D eigenvalue weighted by atomic mass is 14.3. The van der Waals surface area contributed by atoms with E-state index in [-0.39, 0.29) is 22.3 Å². The predicted molar refractivity (Wildman–Crippen MR) is 387 cm³/mol. The normalized spacial score (nSPS) is 22.2. The fourth-order valence-corrected chi connectivity index (χ4v) is 12.9. The Hall–Kier alpha value is -5.12. The molecule has 0 heterocycles. The third-order valence-electron chi connectivity index (χ3n) is 19.2. The van der Waals surface area contributed by atoms with Crippen molar-refractivity contribution in [3.05, 3.63) is 213 Å². The van der Waals surface area contributed by atoms with Crippen molar-refractivity contribution in [3.63, 3.8) is 0 Å². The third kappa shape index (κ3) is 33.9. The summed E-state index contributed by atoms with van der Waals surface area (Å²) in [7, 11) is 0. The van der Waals surface area contributed by atoms with Gasteiger partial charge in [0.2, 0.25) is 0 Å². The number of hydrogen-bond donors (Lipinski definition) is 0. The number of terminal acetylenes is 1. The SMILES string of the molecule is C.C.C.C#Cc1ccc(C)cc1.CC1CCC(CC2CCC(C)CC2)CC1.CC1CCCCC1.Cc1ccc(CC2CCC(C)CC2)cc1.Cc1ccc(CC2CCC(C)CC2)cc1.Cc1ccc(Cc2ccc(C)cc2)cc1.Cc1ccccc1. The van der Waals surface area contributed by atoms with Crippen LogP contribution < -0.4 is 0 Å². The standard InChI is InChI=1S/C15H28.2C15H22.C15H16.C9H8.C7H14.C7H8.3CH4/c4*1-12-3-7-14(8-4-12)11-15-9-5-13(2)6-10-15;1-3-9-6-4-8(2)5-7-9;2*1-7-5-3-2-4-6-7;;;/h12-15H,3-11H2,1-2H3;2*3-4,7-8,13,15H,5-6,9-11H2,1-2H3;3-10H,11H2,1-2H3;1,4-7H,2H3;7H,2-6H2,1H3;2-6H,1H3;3*1H4. The first-order valence-corrected chi connectivity index (χ1v) is 33.8. The van der Waals surface area contributed by atoms with Crippen molar-refractivity contribution in [3.8, 4) is 12.3 Å². The third-order valence-corrected chi connectivity index (χ3v) is 19.2. The monoisotopic (exact) mass is 1160 g/mol. The smallest absolute Gasteiger partial charge is 0.0242 e. The summed E-state index contributed by atoms with van der Waals surface area (Å²) in [6.45, 7) is 24.7. The second kappa shape index (κ2) is 44.3. The lowest BCUT2D eigenvalue weighted by molar-refractivity contribution is 0.201. The molecule has 0 bridgehead atoms. The zero-order valence-electron chi connectivity index (χ0n) is 54.9. The van der Waals surface area contributed by atoms with Gasteiger partial charge in [-0.3, -0.25) is 0 Å². The lowest BCUT2D eigenvalue weighted by Gasteiger charge is -2.32. The molecular weight excluding hydrogens is 1030 g/mol. The van der Waals surface area contributed by atoms with Crippen molar-refractivity contribution in [1.29, 1.82) is 0 Å². The van der Waals surface area contributed by atoms with Gasteiger partial charge in [-0.05, 0) is 181 Å². The molecule has 474 valence electrons. The lowest BCUT2D eigenvalue weighted by atomic mass is 9.74. The van der Waals surface area contributed by atoms with Crippen molar-refractivity contribution in [2.75, 3.05) is 0 Å². The maximum atomic E-state index is 5.15. The second-order valence-corrected chi connectivity index (χ2v) is 27.7. The molecule has 5 saturated carbocycles. The van der Waals surface area contributed by atoms with Crippen LogP contribution in [0.4, 0.5) is 0 Å². The van der Waals surface area contributed by atoms with Gasteiger partial charge in [-0.25, -0.2) is 0 Å². The van der Waals surface area contributed by atoms with Crippen molar-refractivity contribution >= 4 is 0 Å². The average Bonchev–Trinajstić information content (AvgIpc) is 3.67. The van der Waals surface area contributed by atoms with Crippen LogP contribution in [0.5, 0.6) is 0 Å². The summed E-state index contributed by atoms with van der Waals surface area (Å²) < 4.78 is 0. The molecule has 6 aromatic carbocycles. The van der Waals surface area contributed by atoms with E-state index in [0.29, 0.717) is 0 Å². The van der Waals surface area contributed by atoms with Crippen LogP contribution in [0.1, 0.15) is 259 Å². The minimum Gasteiger partial charge on any atom is -0.115 e. The molecule has 0 spiro atoms. The van der Waals surface area contributed by atoms with E-state index in [1.54, 1.807) is 6.42 Å². The van der Waals surface area contributed by atoms with E-state index >= 15 is 0 Å². The molecule has 0 amide bonds. The van der Waals surface area contributed by atoms with Gasteiger partial charge in [0.15, 0.2) is 0 Å². The Bertz CT molecular complexity index is 2420. The summed E-state index contributed by atoms with van der Waals surface area (Å²) in [6.07, 6.45) is 41.5. The Kier molecular flexibility index (Phi) is 39.7. The Morgan fingerprint density at radius 3 is 0.802 bits per heavy atom. The fraction of sp³-hybridized carbons (Fsp3) is 0.558. The number of benzene rings is 6. The molecule has 86 heavy (non-hydrogen) atoms. The van der Waals surface area contributed by atoms with Crippen LogP contribution in [-0.2, 0) is 19.3 Å². The van der Waals surface area contributed by atoms with Crippen LogP contribution in [0.2, 0.25) is 0 Å². The lowest BCUT2D eigenvalue weighted by Crippen LogP contribution is -2.19. The van der Waals surface area contributed by atoms with Crippen molar-refractivity contribution < 1.29 is 0 Å². The van der Waals surface area contributed by atoms with Gasteiger partial charge in [0.05, 0.1) is 0 Å². The van der Waals surface area contributed by atoms with Crippen LogP contribution in [0.3, 0.4) is 0 Å². The topological polar surface area (TPSA) is 0 Å². The van der Waals surface area contributed by atoms with E-state index in [4.69, 9.17) is 6.42 Å². The molecule has 0 atom stereocenters. The summed E-state index contributed by atoms with van der Waals surface area (Å²) in [5.74, 6) is 11.7. The fourth-order valence-electron chi connectivity index (χ4n) is 12.9. The molecule has 0 saturated heterocycles. The highest BCUT2D eigenvalue weighted by Crippen LogP contribution is 2.38. The van der Waals surface area contributed by atoms with Crippen LogP contribution in [0.15, 0.2) is 152 Å². The molecule has 6 aromatic rings. The van der Waals surface area contributed by atoms with Gasteiger partial charge < -0.3 is 0 Å². The predicted octanol–water partition coefficient (Wildman–Crippen LogP) is 26.1. The van der Waals surface area contributed by atoms with Gasteiger partial charge in [0.1, 0.15) is 0 Å². The van der Waals surface area contributed by atoms with Gasteiger partial charge >= 0.3 is 0 Å². The molecule has 0 heteroatoms. The molecule has 0 unspecified atom stereocenters. The molecule has 11 rings (SSSR count). The van der Waals surface area contributed by atoms with Crippen LogP contribution in [0.25, 0.3) is 0 Å². The van der Waals surface area contributed by atoms with Gasteiger partial charge in [-0.2, -0.15) is 0 Å². The molecule has 0 N–H and O–H groups in total. The molecule has 0 aromatic heterocycles. The number of rotatable bonds is 8. The number of aryl methyl sites for hydroxylation is 6. The summed E-state index contributed by atoms with van der Waals surface area (Å²) in [5, 5.41) is 0. The minimum atomic E-state index is 0. The highest BCUT2D eigenvalue weighted by molar-refractivity contribution is 5.34. The zero-order valence-corrected chi connectivity index (χ0v) is 54.9. The first-order valence-electron chi connectivity index (χ1n) is 33.8. The summed E-state index contributed by atoms with van der Waals surface area (Å²) in [5.41, 5.74) is 14.7. The average molecular weight is 1160 g/mol. The summed E-state index contributed by atoms with van der Waals surface area (Å²) in [6, 6.07) is 53.8. The Morgan fingerprint density at radius 2 is 0.547 bits per heavy atom. The largest absolute Gasteiger partial charge is 0.115 e. The van der Waals surface area contributed by atoms with E-state index in [1.807, 2.05) is 49.4 Å². The van der Waals surface area contributed by atoms with E-state index < -0.39 is 0 Å². The van der Waals surface area contributed by atoms with Gasteiger partial charge in [0, 0.05) is 5.56 Å². The first kappa shape index (κ1) is 77.0. The first-order chi connectivity index (χ1) is 40.1. The molecule has 0 radical (unpaired) electrons. The second-order valence-electron chi connectivity index (χ2n) is 27.7. The summed E-state index contributed by atoms with van der Waals surface area (Å²) >= 11 is 0. The Morgan fingerprint density at radius 1 is 0.291 bits per heavy atom. The minimum absolute atomic E-state index is 0.